The molecular formula is C22H31N5O3S. The van der Waals surface area contributed by atoms with Crippen molar-refractivity contribution in [3.8, 4) is 5.75 Å². The van der Waals surface area contributed by atoms with Crippen molar-refractivity contribution in [3.63, 3.8) is 0 Å². The third-order valence-electron chi connectivity index (χ3n) is 6.18. The molecule has 0 saturated carbocycles. The molecule has 0 N–H and O–H groups in total. The number of fused-ring (bicyclic) bond motifs is 1. The van der Waals surface area contributed by atoms with Crippen molar-refractivity contribution in [1.82, 2.24) is 18.6 Å². The maximum absolute atomic E-state index is 12.8. The van der Waals surface area contributed by atoms with Gasteiger partial charge in [0.05, 0.1) is 13.2 Å². The number of hydrogen-bond donors (Lipinski definition) is 0. The van der Waals surface area contributed by atoms with E-state index < -0.39 is 10.2 Å². The zero-order valence-corrected chi connectivity index (χ0v) is 19.5. The summed E-state index contributed by atoms with van der Waals surface area (Å²) in [6.07, 6.45) is 3.52. The Labute approximate surface area is 185 Å². The molecule has 168 valence electrons. The van der Waals surface area contributed by atoms with Crippen molar-refractivity contribution in [2.45, 2.75) is 45.2 Å². The normalized spacial score (nSPS) is 19.6. The number of aromatic nitrogens is 2. The van der Waals surface area contributed by atoms with Crippen LogP contribution in [-0.2, 0) is 23.2 Å². The molecule has 1 aromatic heterocycles. The monoisotopic (exact) mass is 445 g/mol. The van der Waals surface area contributed by atoms with Gasteiger partial charge in [-0.1, -0.05) is 18.2 Å². The van der Waals surface area contributed by atoms with Crippen LogP contribution in [-0.4, -0.2) is 61.3 Å². The van der Waals surface area contributed by atoms with Crippen LogP contribution < -0.4 is 9.64 Å². The summed E-state index contributed by atoms with van der Waals surface area (Å²) in [5, 5.41) is 0. The van der Waals surface area contributed by atoms with Crippen LogP contribution in [0.4, 0.5) is 5.82 Å². The van der Waals surface area contributed by atoms with Crippen molar-refractivity contribution >= 4 is 16.0 Å². The first-order valence-electron chi connectivity index (χ1n) is 10.8. The van der Waals surface area contributed by atoms with Gasteiger partial charge in [0.1, 0.15) is 17.4 Å². The van der Waals surface area contributed by atoms with Gasteiger partial charge in [0.25, 0.3) is 10.2 Å². The zero-order chi connectivity index (χ0) is 22.2. The van der Waals surface area contributed by atoms with Crippen LogP contribution in [0.1, 0.15) is 47.9 Å². The standard InChI is InChI=1S/C22H31N5O3S/c1-16-18-10-7-13-26(15-17-9-5-6-12-20(17)30-4)22(18)24-21(23-16)19-11-8-14-27(19)31(28,29)25(2)3/h5-6,9,12,19H,7-8,10-11,13-15H2,1-4H3/t19-/m1/s1. The first-order chi connectivity index (χ1) is 14.8. The van der Waals surface area contributed by atoms with Crippen LogP contribution in [0.25, 0.3) is 0 Å². The highest BCUT2D eigenvalue weighted by Gasteiger charge is 2.39. The molecular weight excluding hydrogens is 414 g/mol. The molecule has 1 aromatic carbocycles. The van der Waals surface area contributed by atoms with E-state index in [-0.39, 0.29) is 6.04 Å². The molecule has 0 unspecified atom stereocenters. The maximum atomic E-state index is 12.8. The third kappa shape index (κ3) is 4.14. The predicted molar refractivity (Wildman–Crippen MR) is 120 cm³/mol. The van der Waals surface area contributed by atoms with E-state index in [0.717, 1.165) is 60.6 Å². The lowest BCUT2D eigenvalue weighted by Crippen LogP contribution is -2.40. The molecule has 0 radical (unpaired) electrons. The molecule has 0 aliphatic carbocycles. The Balaban J connectivity index is 1.71. The minimum atomic E-state index is -3.52. The molecule has 2 aliphatic rings. The number of para-hydroxylation sites is 1. The number of methoxy groups -OCH3 is 1. The maximum Gasteiger partial charge on any atom is 0.282 e. The van der Waals surface area contributed by atoms with Gasteiger partial charge in [-0.05, 0) is 38.7 Å². The van der Waals surface area contributed by atoms with Crippen LogP contribution in [0.3, 0.4) is 0 Å². The first-order valence-corrected chi connectivity index (χ1v) is 12.2. The van der Waals surface area contributed by atoms with E-state index in [1.165, 1.54) is 4.31 Å². The van der Waals surface area contributed by atoms with Gasteiger partial charge in [0.2, 0.25) is 0 Å². The Morgan fingerprint density at radius 2 is 1.94 bits per heavy atom. The lowest BCUT2D eigenvalue weighted by atomic mass is 10.0. The minimum absolute atomic E-state index is 0.327. The second kappa shape index (κ2) is 8.72. The summed E-state index contributed by atoms with van der Waals surface area (Å²) in [5.74, 6) is 2.39. The summed E-state index contributed by atoms with van der Waals surface area (Å²) in [4.78, 5) is 12.0. The van der Waals surface area contributed by atoms with E-state index in [9.17, 15) is 8.42 Å². The first kappa shape index (κ1) is 22.0. The van der Waals surface area contributed by atoms with Crippen LogP contribution >= 0.6 is 0 Å². The van der Waals surface area contributed by atoms with Crippen LogP contribution in [0.15, 0.2) is 24.3 Å². The molecule has 9 heteroatoms. The molecule has 1 atom stereocenters. The number of nitrogens with zero attached hydrogens (tertiary/aromatic N) is 5. The molecule has 8 nitrogen and oxygen atoms in total. The average molecular weight is 446 g/mol. The van der Waals surface area contributed by atoms with Gasteiger partial charge in [-0.3, -0.25) is 0 Å². The Kier molecular flexibility index (Phi) is 6.18. The number of aryl methyl sites for hydroxylation is 1. The van der Waals surface area contributed by atoms with Crippen molar-refractivity contribution in [2.24, 2.45) is 0 Å². The lowest BCUT2D eigenvalue weighted by molar-refractivity contribution is 0.352. The summed E-state index contributed by atoms with van der Waals surface area (Å²) in [5.41, 5.74) is 3.21. The predicted octanol–water partition coefficient (Wildman–Crippen LogP) is 2.69. The highest BCUT2D eigenvalue weighted by atomic mass is 32.2. The number of benzene rings is 1. The fraction of sp³-hybridized carbons (Fsp3) is 0.545. The van der Waals surface area contributed by atoms with E-state index in [0.29, 0.717) is 18.9 Å². The van der Waals surface area contributed by atoms with Crippen LogP contribution in [0, 0.1) is 6.92 Å². The number of ether oxygens (including phenoxy) is 1. The summed E-state index contributed by atoms with van der Waals surface area (Å²) >= 11 is 0. The third-order valence-corrected chi connectivity index (χ3v) is 8.13. The molecule has 3 heterocycles. The molecule has 1 saturated heterocycles. The fourth-order valence-corrected chi connectivity index (χ4v) is 5.84. The molecule has 0 spiro atoms. The quantitative estimate of drug-likeness (QED) is 0.680. The number of anilines is 1. The van der Waals surface area contributed by atoms with E-state index in [1.807, 2.05) is 25.1 Å². The number of hydrogen-bond acceptors (Lipinski definition) is 6. The Morgan fingerprint density at radius 1 is 1.16 bits per heavy atom. The van der Waals surface area contributed by atoms with E-state index in [4.69, 9.17) is 14.7 Å². The molecule has 0 amide bonds. The fourth-order valence-electron chi connectivity index (χ4n) is 4.54. The largest absolute Gasteiger partial charge is 0.496 e. The molecule has 4 rings (SSSR count). The van der Waals surface area contributed by atoms with Gasteiger partial charge in [-0.2, -0.15) is 17.0 Å². The Hall–Kier alpha value is -2.23. The molecule has 1 fully saturated rings. The van der Waals surface area contributed by atoms with E-state index >= 15 is 0 Å². The molecule has 2 aromatic rings. The van der Waals surface area contributed by atoms with Crippen LogP contribution in [0.5, 0.6) is 5.75 Å². The zero-order valence-electron chi connectivity index (χ0n) is 18.7. The second-order valence-corrected chi connectivity index (χ2v) is 10.5. The number of rotatable bonds is 6. The SMILES string of the molecule is COc1ccccc1CN1CCCc2c(C)nc([C@H]3CCCN3S(=O)(=O)N(C)C)nc21. The summed E-state index contributed by atoms with van der Waals surface area (Å²) in [7, 11) is 1.30. The van der Waals surface area contributed by atoms with Gasteiger partial charge < -0.3 is 9.64 Å². The highest BCUT2D eigenvalue weighted by Crippen LogP contribution is 2.36. The molecule has 0 bridgehead atoms. The van der Waals surface area contributed by atoms with E-state index in [1.54, 1.807) is 25.5 Å². The highest BCUT2D eigenvalue weighted by molar-refractivity contribution is 7.86. The topological polar surface area (TPSA) is 78.9 Å². The summed E-state index contributed by atoms with van der Waals surface area (Å²) in [6.45, 7) is 4.09. The molecule has 31 heavy (non-hydrogen) atoms. The van der Waals surface area contributed by atoms with E-state index in [2.05, 4.69) is 11.0 Å². The van der Waals surface area contributed by atoms with Crippen molar-refractivity contribution in [3.05, 3.63) is 46.9 Å². The summed E-state index contributed by atoms with van der Waals surface area (Å²) < 4.78 is 34.0. The van der Waals surface area contributed by atoms with Crippen molar-refractivity contribution in [1.29, 1.82) is 0 Å². The van der Waals surface area contributed by atoms with Crippen molar-refractivity contribution in [2.75, 3.05) is 39.2 Å². The summed E-state index contributed by atoms with van der Waals surface area (Å²) in [6, 6.07) is 7.70. The van der Waals surface area contributed by atoms with Gasteiger partial charge in [0.15, 0.2) is 0 Å². The molecule has 2 aliphatic heterocycles. The Morgan fingerprint density at radius 3 is 2.68 bits per heavy atom. The smallest absolute Gasteiger partial charge is 0.282 e. The average Bonchev–Trinajstić information content (AvgIpc) is 3.25. The van der Waals surface area contributed by atoms with Gasteiger partial charge in [0, 0.05) is 50.6 Å². The lowest BCUT2D eigenvalue weighted by Gasteiger charge is -2.33. The van der Waals surface area contributed by atoms with Gasteiger partial charge in [-0.15, -0.1) is 0 Å². The second-order valence-electron chi connectivity index (χ2n) is 8.37. The minimum Gasteiger partial charge on any atom is -0.496 e. The Bertz CT molecular complexity index is 1060. The van der Waals surface area contributed by atoms with Gasteiger partial charge in [-0.25, -0.2) is 9.97 Å². The van der Waals surface area contributed by atoms with Crippen LogP contribution in [0.2, 0.25) is 0 Å². The van der Waals surface area contributed by atoms with Gasteiger partial charge >= 0.3 is 0 Å². The van der Waals surface area contributed by atoms with Crippen molar-refractivity contribution < 1.29 is 13.2 Å².